The van der Waals surface area contributed by atoms with Crippen LogP contribution in [0.1, 0.15) is 16.9 Å². The summed E-state index contributed by atoms with van der Waals surface area (Å²) in [4.78, 5) is 17.5. The lowest BCUT2D eigenvalue weighted by Gasteiger charge is -2.09. The maximum Gasteiger partial charge on any atom is 0.271 e. The number of amides is 1. The Morgan fingerprint density at radius 1 is 1.03 bits per heavy atom. The van der Waals surface area contributed by atoms with Crippen LogP contribution in [0.5, 0.6) is 0 Å². The summed E-state index contributed by atoms with van der Waals surface area (Å²) in [7, 11) is 0. The smallest absolute Gasteiger partial charge is 0.271 e. The first-order chi connectivity index (χ1) is 14.8. The first-order valence-corrected chi connectivity index (χ1v) is 10.3. The maximum absolute atomic E-state index is 12.7. The molecule has 2 aromatic carbocycles. The van der Waals surface area contributed by atoms with Gasteiger partial charge in [-0.25, -0.2) is 9.50 Å². The summed E-state index contributed by atoms with van der Waals surface area (Å²) in [6.45, 7) is 2.63. The molecular formula is C24H23N5O. The Kier molecular flexibility index (Phi) is 4.99. The summed E-state index contributed by atoms with van der Waals surface area (Å²) in [5.74, 6) is 0.321. The predicted octanol–water partition coefficient (Wildman–Crippen LogP) is 3.40. The average Bonchev–Trinajstić information content (AvgIpc) is 3.48. The second-order valence-corrected chi connectivity index (χ2v) is 7.63. The van der Waals surface area contributed by atoms with Gasteiger partial charge in [-0.2, -0.15) is 5.10 Å². The molecule has 1 aliphatic heterocycles. The van der Waals surface area contributed by atoms with Crippen LogP contribution < -0.4 is 10.6 Å². The van der Waals surface area contributed by atoms with Crippen molar-refractivity contribution in [2.75, 3.05) is 19.6 Å². The number of hydrogen-bond donors (Lipinski definition) is 2. The van der Waals surface area contributed by atoms with Crippen LogP contribution >= 0.6 is 0 Å². The van der Waals surface area contributed by atoms with Gasteiger partial charge < -0.3 is 10.6 Å². The van der Waals surface area contributed by atoms with Crippen LogP contribution in [0.15, 0.2) is 72.8 Å². The van der Waals surface area contributed by atoms with Crippen LogP contribution in [0, 0.1) is 5.92 Å². The average molecular weight is 397 g/mol. The van der Waals surface area contributed by atoms with E-state index < -0.39 is 0 Å². The van der Waals surface area contributed by atoms with Gasteiger partial charge in [0.1, 0.15) is 0 Å². The molecule has 2 N–H and O–H groups in total. The molecule has 2 aromatic heterocycles. The quantitative estimate of drug-likeness (QED) is 0.541. The van der Waals surface area contributed by atoms with E-state index in [2.05, 4.69) is 15.7 Å². The molecule has 0 aliphatic carbocycles. The van der Waals surface area contributed by atoms with E-state index in [1.165, 1.54) is 0 Å². The number of rotatable bonds is 5. The molecule has 1 fully saturated rings. The van der Waals surface area contributed by atoms with E-state index >= 15 is 0 Å². The molecule has 150 valence electrons. The van der Waals surface area contributed by atoms with Gasteiger partial charge in [-0.05, 0) is 31.5 Å². The lowest BCUT2D eigenvalue weighted by Crippen LogP contribution is -2.30. The minimum Gasteiger partial charge on any atom is -0.350 e. The fourth-order valence-corrected chi connectivity index (χ4v) is 3.87. The van der Waals surface area contributed by atoms with Gasteiger partial charge in [0, 0.05) is 23.7 Å². The molecule has 0 spiro atoms. The van der Waals surface area contributed by atoms with Crippen LogP contribution in [0.25, 0.3) is 28.2 Å². The molecular weight excluding hydrogens is 374 g/mol. The van der Waals surface area contributed by atoms with Crippen LogP contribution in [0.3, 0.4) is 0 Å². The lowest BCUT2D eigenvalue weighted by atomic mass is 10.1. The number of nitrogens with one attached hydrogen (secondary N) is 2. The Bertz CT molecular complexity index is 1160. The summed E-state index contributed by atoms with van der Waals surface area (Å²) in [6.07, 6.45) is 1.09. The number of aromatic nitrogens is 3. The Balaban J connectivity index is 1.54. The fraction of sp³-hybridized carbons (Fsp3) is 0.208. The van der Waals surface area contributed by atoms with E-state index in [0.717, 1.165) is 42.0 Å². The molecule has 1 saturated heterocycles. The zero-order valence-electron chi connectivity index (χ0n) is 16.6. The number of hydrogen-bond acceptors (Lipinski definition) is 4. The van der Waals surface area contributed by atoms with Gasteiger partial charge in [0.25, 0.3) is 5.91 Å². The topological polar surface area (TPSA) is 71.3 Å². The van der Waals surface area contributed by atoms with Gasteiger partial charge in [-0.1, -0.05) is 60.7 Å². The van der Waals surface area contributed by atoms with Crippen molar-refractivity contribution in [3.05, 3.63) is 78.5 Å². The van der Waals surface area contributed by atoms with Crippen LogP contribution in [0.2, 0.25) is 0 Å². The Morgan fingerprint density at radius 2 is 1.77 bits per heavy atom. The van der Waals surface area contributed by atoms with E-state index in [1.807, 2.05) is 66.7 Å². The molecule has 6 nitrogen and oxygen atoms in total. The Labute approximate surface area is 175 Å². The zero-order chi connectivity index (χ0) is 20.3. The lowest BCUT2D eigenvalue weighted by molar-refractivity contribution is 0.0943. The Morgan fingerprint density at radius 3 is 2.47 bits per heavy atom. The zero-order valence-corrected chi connectivity index (χ0v) is 16.6. The molecule has 0 bridgehead atoms. The number of nitrogens with zero attached hydrogens (tertiary/aromatic N) is 3. The van der Waals surface area contributed by atoms with E-state index in [-0.39, 0.29) is 5.91 Å². The molecule has 1 unspecified atom stereocenters. The number of carbonyl (C=O) groups is 1. The second-order valence-electron chi connectivity index (χ2n) is 7.63. The summed E-state index contributed by atoms with van der Waals surface area (Å²) in [6, 6.07) is 23.9. The molecule has 30 heavy (non-hydrogen) atoms. The molecule has 5 rings (SSSR count). The number of carbonyl (C=O) groups excluding carboxylic acids is 1. The second kappa shape index (κ2) is 8.08. The van der Waals surface area contributed by atoms with E-state index in [4.69, 9.17) is 4.98 Å². The van der Waals surface area contributed by atoms with Crippen molar-refractivity contribution >= 4 is 11.6 Å². The highest BCUT2D eigenvalue weighted by Crippen LogP contribution is 2.26. The van der Waals surface area contributed by atoms with Gasteiger partial charge >= 0.3 is 0 Å². The van der Waals surface area contributed by atoms with E-state index in [1.54, 1.807) is 10.6 Å². The van der Waals surface area contributed by atoms with Crippen LogP contribution in [-0.2, 0) is 0 Å². The molecule has 3 heterocycles. The highest BCUT2D eigenvalue weighted by molar-refractivity contribution is 5.93. The minimum atomic E-state index is -0.160. The van der Waals surface area contributed by atoms with Gasteiger partial charge in [-0.15, -0.1) is 0 Å². The van der Waals surface area contributed by atoms with Crippen molar-refractivity contribution in [2.45, 2.75) is 6.42 Å². The normalized spacial score (nSPS) is 16.1. The van der Waals surface area contributed by atoms with Gasteiger partial charge in [0.15, 0.2) is 11.3 Å². The third-order valence-corrected chi connectivity index (χ3v) is 5.51. The summed E-state index contributed by atoms with van der Waals surface area (Å²) in [5, 5.41) is 10.9. The minimum absolute atomic E-state index is 0.160. The molecule has 1 atom stereocenters. The molecule has 4 aromatic rings. The van der Waals surface area contributed by atoms with Crippen molar-refractivity contribution in [1.82, 2.24) is 25.2 Å². The SMILES string of the molecule is O=C(NCC1CCNC1)c1cc2nc(-c3ccccc3)cc(-c3ccccc3)n2n1. The maximum atomic E-state index is 12.7. The van der Waals surface area contributed by atoms with Crippen LogP contribution in [-0.4, -0.2) is 40.1 Å². The summed E-state index contributed by atoms with van der Waals surface area (Å²) in [5.41, 5.74) is 4.84. The standard InChI is InChI=1S/C24H23N5O/c30-24(26-16-17-11-12-25-15-17)21-14-23-27-20(18-7-3-1-4-8-18)13-22(29(23)28-21)19-9-5-2-6-10-19/h1-10,13-14,17,25H,11-12,15-16H2,(H,26,30). The summed E-state index contributed by atoms with van der Waals surface area (Å²) >= 11 is 0. The van der Waals surface area contributed by atoms with E-state index in [0.29, 0.717) is 23.8 Å². The molecule has 1 aliphatic rings. The monoisotopic (exact) mass is 397 g/mol. The highest BCUT2D eigenvalue weighted by Gasteiger charge is 2.19. The Hall–Kier alpha value is -3.51. The van der Waals surface area contributed by atoms with Crippen molar-refractivity contribution in [3.8, 4) is 22.5 Å². The number of benzene rings is 2. The van der Waals surface area contributed by atoms with E-state index in [9.17, 15) is 4.79 Å². The van der Waals surface area contributed by atoms with Gasteiger partial charge in [0.05, 0.1) is 11.4 Å². The number of fused-ring (bicyclic) bond motifs is 1. The molecule has 1 amide bonds. The summed E-state index contributed by atoms with van der Waals surface area (Å²) < 4.78 is 1.76. The van der Waals surface area contributed by atoms with Gasteiger partial charge in [-0.3, -0.25) is 4.79 Å². The van der Waals surface area contributed by atoms with Crippen molar-refractivity contribution in [2.24, 2.45) is 5.92 Å². The fourth-order valence-electron chi connectivity index (χ4n) is 3.87. The van der Waals surface area contributed by atoms with Gasteiger partial charge in [0.2, 0.25) is 0 Å². The first-order valence-electron chi connectivity index (χ1n) is 10.3. The van der Waals surface area contributed by atoms with Crippen molar-refractivity contribution in [3.63, 3.8) is 0 Å². The van der Waals surface area contributed by atoms with Crippen LogP contribution in [0.4, 0.5) is 0 Å². The third-order valence-electron chi connectivity index (χ3n) is 5.51. The predicted molar refractivity (Wildman–Crippen MR) is 117 cm³/mol. The first kappa shape index (κ1) is 18.5. The third kappa shape index (κ3) is 3.69. The van der Waals surface area contributed by atoms with Crippen molar-refractivity contribution < 1.29 is 4.79 Å². The van der Waals surface area contributed by atoms with Crippen molar-refractivity contribution in [1.29, 1.82) is 0 Å². The largest absolute Gasteiger partial charge is 0.350 e. The molecule has 0 radical (unpaired) electrons. The molecule has 0 saturated carbocycles. The highest BCUT2D eigenvalue weighted by atomic mass is 16.1. The molecule has 6 heteroatoms.